The molecule has 0 bridgehead atoms. The fourth-order valence-electron chi connectivity index (χ4n) is 2.10. The molecule has 5 heteroatoms. The van der Waals surface area contributed by atoms with Crippen LogP contribution in [0.3, 0.4) is 0 Å². The molecule has 19 heavy (non-hydrogen) atoms. The summed E-state index contributed by atoms with van der Waals surface area (Å²) in [5, 5.41) is 8.64. The van der Waals surface area contributed by atoms with Crippen LogP contribution in [0.5, 0.6) is 0 Å². The van der Waals surface area contributed by atoms with E-state index in [4.69, 9.17) is 5.11 Å². The molecule has 1 aromatic carbocycles. The number of anilines is 1. The van der Waals surface area contributed by atoms with Gasteiger partial charge in [0, 0.05) is 18.5 Å². The van der Waals surface area contributed by atoms with Gasteiger partial charge >= 0.3 is 0 Å². The Morgan fingerprint density at radius 1 is 1.37 bits per heavy atom. The predicted octanol–water partition coefficient (Wildman–Crippen LogP) is 1.21. The summed E-state index contributed by atoms with van der Waals surface area (Å²) in [6, 6.07) is 7.16. The van der Waals surface area contributed by atoms with Gasteiger partial charge in [-0.25, -0.2) is 8.42 Å². The third-order valence-electron chi connectivity index (χ3n) is 2.93. The Bertz CT molecular complexity index is 596. The van der Waals surface area contributed by atoms with E-state index in [2.05, 4.69) is 11.8 Å². The molecule has 1 aromatic rings. The summed E-state index contributed by atoms with van der Waals surface area (Å²) in [6.45, 7) is 2.53. The Labute approximate surface area is 114 Å². The minimum atomic E-state index is -3.16. The van der Waals surface area contributed by atoms with Gasteiger partial charge in [-0.1, -0.05) is 18.8 Å². The minimum Gasteiger partial charge on any atom is -0.395 e. The molecule has 1 atom stereocenters. The second-order valence-corrected chi connectivity index (χ2v) is 6.68. The maximum absolute atomic E-state index is 11.9. The molecule has 0 radical (unpaired) electrons. The van der Waals surface area contributed by atoms with Gasteiger partial charge in [-0.05, 0) is 30.2 Å². The van der Waals surface area contributed by atoms with Crippen molar-refractivity contribution in [3.05, 3.63) is 29.8 Å². The molecule has 1 aliphatic rings. The highest BCUT2D eigenvalue weighted by molar-refractivity contribution is 7.93. The summed E-state index contributed by atoms with van der Waals surface area (Å²) < 4.78 is 25.3. The highest BCUT2D eigenvalue weighted by Gasteiger charge is 2.33. The Morgan fingerprint density at radius 2 is 2.05 bits per heavy atom. The van der Waals surface area contributed by atoms with Crippen LogP contribution >= 0.6 is 0 Å². The lowest BCUT2D eigenvalue weighted by atomic mass is 10.2. The third-order valence-corrected chi connectivity index (χ3v) is 4.95. The maximum atomic E-state index is 11.9. The summed E-state index contributed by atoms with van der Waals surface area (Å²) in [7, 11) is -3.16. The summed E-state index contributed by atoms with van der Waals surface area (Å²) >= 11 is 0. The Balaban J connectivity index is 2.18. The van der Waals surface area contributed by atoms with E-state index in [9.17, 15) is 8.42 Å². The molecule has 102 valence electrons. The minimum absolute atomic E-state index is 0.0506. The molecule has 1 aliphatic heterocycles. The lowest BCUT2D eigenvalue weighted by molar-refractivity contribution is 0.305. The summed E-state index contributed by atoms with van der Waals surface area (Å²) in [6.07, 6.45) is 0.444. The Kier molecular flexibility index (Phi) is 4.13. The van der Waals surface area contributed by atoms with Crippen molar-refractivity contribution in [1.82, 2.24) is 0 Å². The highest BCUT2D eigenvalue weighted by atomic mass is 32.2. The van der Waals surface area contributed by atoms with Gasteiger partial charge in [0.25, 0.3) is 0 Å². The van der Waals surface area contributed by atoms with Crippen LogP contribution in [0.4, 0.5) is 5.69 Å². The predicted molar refractivity (Wildman–Crippen MR) is 75.3 cm³/mol. The zero-order chi connectivity index (χ0) is 13.9. The van der Waals surface area contributed by atoms with Crippen LogP contribution in [0.1, 0.15) is 18.9 Å². The number of nitrogens with zero attached hydrogens (tertiary/aromatic N) is 1. The van der Waals surface area contributed by atoms with E-state index in [1.54, 1.807) is 24.3 Å². The smallest absolute Gasteiger partial charge is 0.235 e. The van der Waals surface area contributed by atoms with E-state index in [-0.39, 0.29) is 18.3 Å². The van der Waals surface area contributed by atoms with Crippen molar-refractivity contribution >= 4 is 15.7 Å². The Morgan fingerprint density at radius 3 is 2.58 bits per heavy atom. The van der Waals surface area contributed by atoms with E-state index in [0.29, 0.717) is 18.7 Å². The fraction of sp³-hybridized carbons (Fsp3) is 0.429. The fourth-order valence-corrected chi connectivity index (χ4v) is 4.03. The molecular weight excluding hydrogens is 262 g/mol. The molecule has 1 saturated heterocycles. The molecule has 1 N–H and O–H groups in total. The van der Waals surface area contributed by atoms with E-state index in [0.717, 1.165) is 5.56 Å². The number of aliphatic hydroxyl groups excluding tert-OH is 1. The average Bonchev–Trinajstić information content (AvgIpc) is 2.64. The van der Waals surface area contributed by atoms with Crippen LogP contribution < -0.4 is 4.31 Å². The van der Waals surface area contributed by atoms with Crippen LogP contribution in [0.25, 0.3) is 0 Å². The summed E-state index contributed by atoms with van der Waals surface area (Å²) in [4.78, 5) is 0. The SMILES string of the molecule is CC1CN(c2ccc(C#CCCO)cc2)S(=O)(=O)C1. The highest BCUT2D eigenvalue weighted by Crippen LogP contribution is 2.26. The van der Waals surface area contributed by atoms with Crippen LogP contribution in [-0.4, -0.2) is 32.4 Å². The van der Waals surface area contributed by atoms with Gasteiger partial charge in [0.1, 0.15) is 0 Å². The van der Waals surface area contributed by atoms with Gasteiger partial charge in [0.05, 0.1) is 18.0 Å². The lowest BCUT2D eigenvalue weighted by Gasteiger charge is -2.16. The largest absolute Gasteiger partial charge is 0.395 e. The molecule has 1 heterocycles. The van der Waals surface area contributed by atoms with Crippen molar-refractivity contribution in [3.8, 4) is 11.8 Å². The zero-order valence-corrected chi connectivity index (χ0v) is 11.7. The van der Waals surface area contributed by atoms with E-state index < -0.39 is 10.0 Å². The van der Waals surface area contributed by atoms with Gasteiger partial charge in [-0.3, -0.25) is 4.31 Å². The van der Waals surface area contributed by atoms with E-state index in [1.807, 2.05) is 6.92 Å². The van der Waals surface area contributed by atoms with Crippen LogP contribution in [0.2, 0.25) is 0 Å². The van der Waals surface area contributed by atoms with Crippen molar-refractivity contribution in [3.63, 3.8) is 0 Å². The number of aliphatic hydroxyl groups is 1. The van der Waals surface area contributed by atoms with Gasteiger partial charge in [0.2, 0.25) is 10.0 Å². The van der Waals surface area contributed by atoms with Gasteiger partial charge in [0.15, 0.2) is 0 Å². The number of sulfonamides is 1. The molecule has 0 spiro atoms. The third kappa shape index (κ3) is 3.28. The number of hydrogen-bond donors (Lipinski definition) is 1. The van der Waals surface area contributed by atoms with Gasteiger partial charge in [-0.15, -0.1) is 0 Å². The van der Waals surface area contributed by atoms with Crippen molar-refractivity contribution in [2.45, 2.75) is 13.3 Å². The molecule has 0 aromatic heterocycles. The number of hydrogen-bond acceptors (Lipinski definition) is 3. The van der Waals surface area contributed by atoms with Crippen molar-refractivity contribution in [1.29, 1.82) is 0 Å². The topological polar surface area (TPSA) is 57.6 Å². The number of benzene rings is 1. The Hall–Kier alpha value is -1.51. The summed E-state index contributed by atoms with van der Waals surface area (Å²) in [5.74, 6) is 6.12. The quantitative estimate of drug-likeness (QED) is 0.828. The molecule has 4 nitrogen and oxygen atoms in total. The lowest BCUT2D eigenvalue weighted by Crippen LogP contribution is -2.25. The molecule has 1 fully saturated rings. The molecule has 2 rings (SSSR count). The maximum Gasteiger partial charge on any atom is 0.235 e. The second kappa shape index (κ2) is 5.64. The van der Waals surface area contributed by atoms with Crippen molar-refractivity contribution in [2.75, 3.05) is 23.2 Å². The first-order valence-electron chi connectivity index (χ1n) is 6.23. The first kappa shape index (κ1) is 13.9. The molecule has 0 saturated carbocycles. The normalized spacial score (nSPS) is 20.9. The summed E-state index contributed by atoms with van der Waals surface area (Å²) in [5.41, 5.74) is 1.51. The van der Waals surface area contributed by atoms with Crippen molar-refractivity contribution < 1.29 is 13.5 Å². The van der Waals surface area contributed by atoms with Crippen LogP contribution in [0.15, 0.2) is 24.3 Å². The van der Waals surface area contributed by atoms with Crippen molar-refractivity contribution in [2.24, 2.45) is 5.92 Å². The monoisotopic (exact) mass is 279 g/mol. The van der Waals surface area contributed by atoms with E-state index in [1.165, 1.54) is 4.31 Å². The first-order valence-corrected chi connectivity index (χ1v) is 7.84. The number of rotatable bonds is 2. The van der Waals surface area contributed by atoms with Crippen LogP contribution in [0, 0.1) is 17.8 Å². The second-order valence-electron chi connectivity index (χ2n) is 4.74. The molecule has 0 aliphatic carbocycles. The zero-order valence-electron chi connectivity index (χ0n) is 10.8. The van der Waals surface area contributed by atoms with Gasteiger partial charge in [-0.2, -0.15) is 0 Å². The molecule has 0 amide bonds. The van der Waals surface area contributed by atoms with Crippen LogP contribution in [-0.2, 0) is 10.0 Å². The van der Waals surface area contributed by atoms with E-state index >= 15 is 0 Å². The van der Waals surface area contributed by atoms with Gasteiger partial charge < -0.3 is 5.11 Å². The standard InChI is InChI=1S/C14H17NO3S/c1-12-10-15(19(17,18)11-12)14-7-5-13(6-8-14)4-2-3-9-16/h5-8,12,16H,3,9-11H2,1H3. The first-order chi connectivity index (χ1) is 9.03. The molecular formula is C14H17NO3S. The average molecular weight is 279 g/mol. The molecule has 1 unspecified atom stereocenters.